The highest BCUT2D eigenvalue weighted by Gasteiger charge is 2.47. The molecule has 2 fully saturated rings. The van der Waals surface area contributed by atoms with Crippen molar-refractivity contribution in [2.24, 2.45) is 5.41 Å². The summed E-state index contributed by atoms with van der Waals surface area (Å²) in [6.07, 6.45) is 4.34. The Bertz CT molecular complexity index is 525. The predicted molar refractivity (Wildman–Crippen MR) is 82.1 cm³/mol. The average molecular weight is 305 g/mol. The molecule has 5 nitrogen and oxygen atoms in total. The second-order valence-electron chi connectivity index (χ2n) is 6.07. The largest absolute Gasteiger partial charge is 0.493 e. The molecule has 1 atom stereocenters. The SMILES string of the molecule is COc1ccccc1OCC(=O)NC1CCC12CCOCC2. The summed E-state index contributed by atoms with van der Waals surface area (Å²) < 4.78 is 16.2. The zero-order valence-electron chi connectivity index (χ0n) is 13.0. The van der Waals surface area contributed by atoms with Crippen LogP contribution in [0, 0.1) is 5.41 Å². The zero-order chi connectivity index (χ0) is 15.4. The summed E-state index contributed by atoms with van der Waals surface area (Å²) in [4.78, 5) is 12.1. The highest BCUT2D eigenvalue weighted by atomic mass is 16.5. The van der Waals surface area contributed by atoms with Crippen molar-refractivity contribution < 1.29 is 19.0 Å². The van der Waals surface area contributed by atoms with Gasteiger partial charge in [0.1, 0.15) is 0 Å². The van der Waals surface area contributed by atoms with Gasteiger partial charge in [-0.3, -0.25) is 4.79 Å². The maximum atomic E-state index is 12.1. The van der Waals surface area contributed by atoms with E-state index in [0.717, 1.165) is 32.5 Å². The van der Waals surface area contributed by atoms with Crippen LogP contribution < -0.4 is 14.8 Å². The molecule has 1 saturated carbocycles. The van der Waals surface area contributed by atoms with Gasteiger partial charge in [0.2, 0.25) is 0 Å². The summed E-state index contributed by atoms with van der Waals surface area (Å²) in [5.41, 5.74) is 0.262. The number of hydrogen-bond donors (Lipinski definition) is 1. The molecule has 1 N–H and O–H groups in total. The Kier molecular flexibility index (Phi) is 4.52. The van der Waals surface area contributed by atoms with Crippen LogP contribution in [0.2, 0.25) is 0 Å². The minimum atomic E-state index is -0.0681. The van der Waals surface area contributed by atoms with E-state index in [1.54, 1.807) is 13.2 Å². The first-order valence-corrected chi connectivity index (χ1v) is 7.86. The van der Waals surface area contributed by atoms with Crippen LogP contribution in [0.1, 0.15) is 25.7 Å². The van der Waals surface area contributed by atoms with Gasteiger partial charge in [0, 0.05) is 19.3 Å². The van der Waals surface area contributed by atoms with Gasteiger partial charge in [-0.05, 0) is 43.2 Å². The highest BCUT2D eigenvalue weighted by Crippen LogP contribution is 2.48. The fourth-order valence-electron chi connectivity index (χ4n) is 3.42. The molecule has 3 rings (SSSR count). The summed E-state index contributed by atoms with van der Waals surface area (Å²) >= 11 is 0. The van der Waals surface area contributed by atoms with E-state index in [1.807, 2.05) is 18.2 Å². The maximum absolute atomic E-state index is 12.1. The van der Waals surface area contributed by atoms with E-state index in [9.17, 15) is 4.79 Å². The number of para-hydroxylation sites is 2. The normalized spacial score (nSPS) is 22.7. The molecule has 1 saturated heterocycles. The molecular weight excluding hydrogens is 282 g/mol. The van der Waals surface area contributed by atoms with E-state index in [2.05, 4.69) is 5.32 Å². The lowest BCUT2D eigenvalue weighted by atomic mass is 9.60. The third-order valence-electron chi connectivity index (χ3n) is 4.92. The Labute approximate surface area is 130 Å². The van der Waals surface area contributed by atoms with Gasteiger partial charge >= 0.3 is 0 Å². The molecule has 1 spiro atoms. The van der Waals surface area contributed by atoms with Crippen LogP contribution in [-0.2, 0) is 9.53 Å². The topological polar surface area (TPSA) is 56.8 Å². The average Bonchev–Trinajstić information content (AvgIpc) is 2.58. The number of carbonyl (C=O) groups is 1. The molecule has 1 unspecified atom stereocenters. The number of benzene rings is 1. The quantitative estimate of drug-likeness (QED) is 0.905. The Hall–Kier alpha value is -1.75. The standard InChI is InChI=1S/C17H23NO4/c1-20-13-4-2-3-5-14(13)22-12-16(19)18-15-6-7-17(15)8-10-21-11-9-17/h2-5,15H,6-12H2,1H3,(H,18,19). The molecule has 5 heteroatoms. The Morgan fingerprint density at radius 2 is 2.00 bits per heavy atom. The monoisotopic (exact) mass is 305 g/mol. The van der Waals surface area contributed by atoms with Gasteiger partial charge in [-0.25, -0.2) is 0 Å². The first-order chi connectivity index (χ1) is 10.7. The van der Waals surface area contributed by atoms with Crippen molar-refractivity contribution in [1.29, 1.82) is 0 Å². The number of carbonyl (C=O) groups excluding carboxylic acids is 1. The zero-order valence-corrected chi connectivity index (χ0v) is 13.0. The number of ether oxygens (including phenoxy) is 3. The summed E-state index contributed by atoms with van der Waals surface area (Å²) in [5, 5.41) is 3.12. The Balaban J connectivity index is 1.50. The lowest BCUT2D eigenvalue weighted by molar-refractivity contribution is -0.129. The van der Waals surface area contributed by atoms with Crippen LogP contribution in [0.5, 0.6) is 11.5 Å². The molecule has 2 aliphatic rings. The molecule has 0 radical (unpaired) electrons. The summed E-state index contributed by atoms with van der Waals surface area (Å²) in [6.45, 7) is 1.64. The van der Waals surface area contributed by atoms with Crippen molar-refractivity contribution in [3.8, 4) is 11.5 Å². The minimum Gasteiger partial charge on any atom is -0.493 e. The van der Waals surface area contributed by atoms with Crippen molar-refractivity contribution in [2.45, 2.75) is 31.7 Å². The highest BCUT2D eigenvalue weighted by molar-refractivity contribution is 5.78. The fraction of sp³-hybridized carbons (Fsp3) is 0.588. The van der Waals surface area contributed by atoms with Crippen molar-refractivity contribution >= 4 is 5.91 Å². The van der Waals surface area contributed by atoms with Gasteiger partial charge in [-0.1, -0.05) is 12.1 Å². The van der Waals surface area contributed by atoms with E-state index in [0.29, 0.717) is 11.5 Å². The number of nitrogens with one attached hydrogen (secondary N) is 1. The fourth-order valence-corrected chi connectivity index (χ4v) is 3.42. The van der Waals surface area contributed by atoms with Crippen molar-refractivity contribution in [1.82, 2.24) is 5.32 Å². The number of amides is 1. The van der Waals surface area contributed by atoms with Gasteiger partial charge < -0.3 is 19.5 Å². The Morgan fingerprint density at radius 3 is 2.64 bits per heavy atom. The third-order valence-corrected chi connectivity index (χ3v) is 4.92. The van der Waals surface area contributed by atoms with Crippen LogP contribution in [0.25, 0.3) is 0 Å². The van der Waals surface area contributed by atoms with Crippen molar-refractivity contribution in [3.05, 3.63) is 24.3 Å². The summed E-state index contributed by atoms with van der Waals surface area (Å²) in [6, 6.07) is 7.62. The number of rotatable bonds is 5. The lowest BCUT2D eigenvalue weighted by Gasteiger charge is -2.52. The summed E-state index contributed by atoms with van der Waals surface area (Å²) in [5.74, 6) is 1.16. The second kappa shape index (κ2) is 6.57. The van der Waals surface area contributed by atoms with Gasteiger partial charge in [-0.15, -0.1) is 0 Å². The van der Waals surface area contributed by atoms with Crippen LogP contribution >= 0.6 is 0 Å². The Morgan fingerprint density at radius 1 is 1.27 bits per heavy atom. The number of hydrogen-bond acceptors (Lipinski definition) is 4. The van der Waals surface area contributed by atoms with Gasteiger partial charge in [-0.2, -0.15) is 0 Å². The van der Waals surface area contributed by atoms with Crippen LogP contribution in [0.4, 0.5) is 0 Å². The van der Waals surface area contributed by atoms with Crippen LogP contribution in [0.15, 0.2) is 24.3 Å². The molecule has 1 aliphatic heterocycles. The minimum absolute atomic E-state index is 0.0173. The molecule has 0 bridgehead atoms. The van der Waals surface area contributed by atoms with E-state index < -0.39 is 0 Å². The lowest BCUT2D eigenvalue weighted by Crippen LogP contribution is -2.57. The van der Waals surface area contributed by atoms with Gasteiger partial charge in [0.05, 0.1) is 7.11 Å². The van der Waals surface area contributed by atoms with E-state index >= 15 is 0 Å². The van der Waals surface area contributed by atoms with E-state index in [-0.39, 0.29) is 24.0 Å². The van der Waals surface area contributed by atoms with E-state index in [4.69, 9.17) is 14.2 Å². The first kappa shape index (κ1) is 15.2. The molecule has 1 amide bonds. The van der Waals surface area contributed by atoms with Gasteiger partial charge in [0.25, 0.3) is 5.91 Å². The summed E-state index contributed by atoms with van der Waals surface area (Å²) in [7, 11) is 1.59. The smallest absolute Gasteiger partial charge is 0.258 e. The molecule has 1 aliphatic carbocycles. The molecule has 1 aromatic carbocycles. The van der Waals surface area contributed by atoms with Gasteiger partial charge in [0.15, 0.2) is 18.1 Å². The van der Waals surface area contributed by atoms with Crippen molar-refractivity contribution in [3.63, 3.8) is 0 Å². The molecule has 120 valence electrons. The van der Waals surface area contributed by atoms with Crippen LogP contribution in [0.3, 0.4) is 0 Å². The second-order valence-corrected chi connectivity index (χ2v) is 6.07. The molecule has 1 heterocycles. The molecule has 0 aromatic heterocycles. The third kappa shape index (κ3) is 3.04. The number of methoxy groups -OCH3 is 1. The predicted octanol–water partition coefficient (Wildman–Crippen LogP) is 2.15. The van der Waals surface area contributed by atoms with Crippen molar-refractivity contribution in [2.75, 3.05) is 26.9 Å². The maximum Gasteiger partial charge on any atom is 0.258 e. The first-order valence-electron chi connectivity index (χ1n) is 7.86. The molecule has 1 aromatic rings. The molecule has 22 heavy (non-hydrogen) atoms. The van der Waals surface area contributed by atoms with E-state index in [1.165, 1.54) is 6.42 Å². The molecular formula is C17H23NO4. The van der Waals surface area contributed by atoms with Crippen LogP contribution in [-0.4, -0.2) is 38.9 Å².